The molecule has 1 aliphatic rings. The van der Waals surface area contributed by atoms with Gasteiger partial charge in [-0.3, -0.25) is 4.90 Å². The van der Waals surface area contributed by atoms with Gasteiger partial charge in [-0.05, 0) is 30.5 Å². The zero-order valence-corrected chi connectivity index (χ0v) is 16.5. The summed E-state index contributed by atoms with van der Waals surface area (Å²) < 4.78 is 10.7. The average molecular weight is 401 g/mol. The van der Waals surface area contributed by atoms with E-state index in [0.717, 1.165) is 0 Å². The van der Waals surface area contributed by atoms with E-state index >= 15 is 0 Å². The first-order chi connectivity index (χ1) is 13.6. The van der Waals surface area contributed by atoms with Crippen molar-refractivity contribution in [1.82, 2.24) is 15.5 Å². The lowest BCUT2D eigenvalue weighted by atomic mass is 10.00. The van der Waals surface area contributed by atoms with Crippen molar-refractivity contribution >= 4 is 23.3 Å². The van der Waals surface area contributed by atoms with Gasteiger partial charge in [0.25, 0.3) is 0 Å². The topological polar surface area (TPSA) is 83.8 Å². The van der Waals surface area contributed by atoms with E-state index in [0.29, 0.717) is 36.7 Å². The minimum Gasteiger partial charge on any atom is -0.467 e. The van der Waals surface area contributed by atoms with Crippen LogP contribution in [0.3, 0.4) is 0 Å². The number of hydrogen-bond donors (Lipinski definition) is 2. The van der Waals surface area contributed by atoms with Gasteiger partial charge in [0.15, 0.2) is 0 Å². The Morgan fingerprint density at radius 3 is 2.89 bits per heavy atom. The summed E-state index contributed by atoms with van der Waals surface area (Å²) in [5.41, 5.74) is 0.846. The van der Waals surface area contributed by atoms with Crippen molar-refractivity contribution in [1.29, 1.82) is 0 Å². The quantitative estimate of drug-likeness (QED) is 0.498. The molecule has 7 nitrogen and oxygen atoms in total. The average Bonchev–Trinajstić information content (AvgIpc) is 3.35. The maximum Gasteiger partial charge on any atom is 0.338 e. The Morgan fingerprint density at radius 1 is 1.39 bits per heavy atom. The number of urea groups is 1. The van der Waals surface area contributed by atoms with Crippen LogP contribution in [0.1, 0.15) is 23.6 Å². The van der Waals surface area contributed by atoms with E-state index in [4.69, 9.17) is 9.15 Å². The summed E-state index contributed by atoms with van der Waals surface area (Å²) in [6.07, 6.45) is 3.30. The smallest absolute Gasteiger partial charge is 0.338 e. The van der Waals surface area contributed by atoms with Crippen molar-refractivity contribution in [2.75, 3.05) is 19.7 Å². The maximum absolute atomic E-state index is 12.7. The Hall–Kier alpha value is -2.84. The molecule has 0 aliphatic carbocycles. The zero-order chi connectivity index (χ0) is 19.9. The van der Waals surface area contributed by atoms with E-state index in [2.05, 4.69) is 22.1 Å². The highest BCUT2D eigenvalue weighted by atomic mass is 32.1. The molecular formula is C20H23N3O4S. The second-order valence-corrected chi connectivity index (χ2v) is 7.23. The number of thiophene rings is 1. The lowest BCUT2D eigenvalue weighted by Crippen LogP contribution is -2.48. The lowest BCUT2D eigenvalue weighted by Gasteiger charge is -2.30. The van der Waals surface area contributed by atoms with E-state index in [1.807, 2.05) is 17.5 Å². The standard InChI is InChI=1S/C20H23N3O4S/c1-3-9-23(12-14-7-6-11-28-14)13-15-17(19(24)26-4-2)18(22-20(25)21-15)16-8-5-10-27-16/h3,5-8,10-11,18H,1,4,9,12-13H2,2H3,(H2,21,22,25). The predicted molar refractivity (Wildman–Crippen MR) is 107 cm³/mol. The highest BCUT2D eigenvalue weighted by molar-refractivity contribution is 7.09. The highest BCUT2D eigenvalue weighted by Crippen LogP contribution is 2.28. The van der Waals surface area contributed by atoms with Crippen LogP contribution in [0.4, 0.5) is 4.79 Å². The van der Waals surface area contributed by atoms with Crippen molar-refractivity contribution < 1.29 is 18.7 Å². The normalized spacial score (nSPS) is 16.6. The van der Waals surface area contributed by atoms with Gasteiger partial charge in [0.2, 0.25) is 0 Å². The molecule has 0 saturated heterocycles. The van der Waals surface area contributed by atoms with Crippen molar-refractivity contribution in [3.63, 3.8) is 0 Å². The van der Waals surface area contributed by atoms with Crippen LogP contribution in [-0.4, -0.2) is 36.6 Å². The molecule has 0 fully saturated rings. The summed E-state index contributed by atoms with van der Waals surface area (Å²) in [6.45, 7) is 7.44. The monoisotopic (exact) mass is 401 g/mol. The fraction of sp³-hybridized carbons (Fsp3) is 0.300. The number of ether oxygens (including phenoxy) is 1. The van der Waals surface area contributed by atoms with E-state index < -0.39 is 12.0 Å². The Labute approximate surface area is 167 Å². The molecule has 28 heavy (non-hydrogen) atoms. The van der Waals surface area contributed by atoms with Crippen molar-refractivity contribution in [2.45, 2.75) is 19.5 Å². The summed E-state index contributed by atoms with van der Waals surface area (Å²) in [5.74, 6) is -0.00925. The van der Waals surface area contributed by atoms with Gasteiger partial charge in [-0.1, -0.05) is 12.1 Å². The second kappa shape index (κ2) is 9.38. The van der Waals surface area contributed by atoms with E-state index in [-0.39, 0.29) is 12.6 Å². The molecule has 0 aromatic carbocycles. The van der Waals surface area contributed by atoms with Crippen molar-refractivity contribution in [3.8, 4) is 0 Å². The fourth-order valence-corrected chi connectivity index (χ4v) is 3.82. The molecule has 1 atom stereocenters. The molecule has 1 unspecified atom stereocenters. The zero-order valence-electron chi connectivity index (χ0n) is 15.6. The molecule has 2 aromatic heterocycles. The van der Waals surface area contributed by atoms with Gasteiger partial charge in [0, 0.05) is 30.2 Å². The van der Waals surface area contributed by atoms with Gasteiger partial charge in [-0.2, -0.15) is 0 Å². The predicted octanol–water partition coefficient (Wildman–Crippen LogP) is 3.20. The number of rotatable bonds is 9. The number of nitrogens with one attached hydrogen (secondary N) is 2. The lowest BCUT2D eigenvalue weighted by molar-refractivity contribution is -0.139. The van der Waals surface area contributed by atoms with Crippen LogP contribution in [0, 0.1) is 0 Å². The molecular weight excluding hydrogens is 378 g/mol. The Balaban J connectivity index is 1.95. The number of carbonyl (C=O) groups excluding carboxylic acids is 2. The minimum atomic E-state index is -0.704. The Bertz CT molecular complexity index is 843. The van der Waals surface area contributed by atoms with Crippen LogP contribution >= 0.6 is 11.3 Å². The molecule has 148 valence electrons. The Kier molecular flexibility index (Phi) is 6.67. The molecule has 2 amide bonds. The van der Waals surface area contributed by atoms with E-state index in [1.54, 1.807) is 36.5 Å². The first-order valence-corrected chi connectivity index (χ1v) is 9.87. The molecule has 3 rings (SSSR count). The van der Waals surface area contributed by atoms with Gasteiger partial charge in [0.05, 0.1) is 18.4 Å². The van der Waals surface area contributed by atoms with Gasteiger partial charge in [0.1, 0.15) is 11.8 Å². The minimum absolute atomic E-state index is 0.236. The number of furan rings is 1. The molecule has 2 aromatic rings. The summed E-state index contributed by atoms with van der Waals surface area (Å²) in [6, 6.07) is 6.39. The fourth-order valence-electron chi connectivity index (χ4n) is 3.08. The highest BCUT2D eigenvalue weighted by Gasteiger charge is 2.35. The van der Waals surface area contributed by atoms with Crippen molar-refractivity contribution in [2.24, 2.45) is 0 Å². The van der Waals surface area contributed by atoms with Crippen LogP contribution in [0.15, 0.2) is 64.3 Å². The number of esters is 1. The molecule has 2 N–H and O–H groups in total. The first-order valence-electron chi connectivity index (χ1n) is 8.99. The molecule has 8 heteroatoms. The van der Waals surface area contributed by atoms with Crippen LogP contribution in [0.2, 0.25) is 0 Å². The van der Waals surface area contributed by atoms with Crippen LogP contribution < -0.4 is 10.6 Å². The van der Waals surface area contributed by atoms with E-state index in [9.17, 15) is 9.59 Å². The number of carbonyl (C=O) groups is 2. The number of hydrogen-bond acceptors (Lipinski definition) is 6. The van der Waals surface area contributed by atoms with Crippen LogP contribution in [0.25, 0.3) is 0 Å². The van der Waals surface area contributed by atoms with Gasteiger partial charge in [-0.25, -0.2) is 9.59 Å². The van der Waals surface area contributed by atoms with Crippen LogP contribution in [-0.2, 0) is 16.1 Å². The summed E-state index contributed by atoms with van der Waals surface area (Å²) >= 11 is 1.66. The third-order valence-electron chi connectivity index (χ3n) is 4.21. The molecule has 1 aliphatic heterocycles. The maximum atomic E-state index is 12.7. The molecule has 3 heterocycles. The summed E-state index contributed by atoms with van der Waals surface area (Å²) in [5, 5.41) is 7.55. The third kappa shape index (κ3) is 4.71. The largest absolute Gasteiger partial charge is 0.467 e. The summed E-state index contributed by atoms with van der Waals surface area (Å²) in [4.78, 5) is 28.3. The van der Waals surface area contributed by atoms with E-state index in [1.165, 1.54) is 11.1 Å². The first kappa shape index (κ1) is 19.9. The molecule has 0 bridgehead atoms. The van der Waals surface area contributed by atoms with Gasteiger partial charge >= 0.3 is 12.0 Å². The number of nitrogens with zero attached hydrogens (tertiary/aromatic N) is 1. The van der Waals surface area contributed by atoms with Crippen LogP contribution in [0.5, 0.6) is 0 Å². The summed E-state index contributed by atoms with van der Waals surface area (Å²) in [7, 11) is 0. The van der Waals surface area contributed by atoms with Crippen molar-refractivity contribution in [3.05, 3.63) is 70.5 Å². The number of amides is 2. The van der Waals surface area contributed by atoms with Gasteiger partial charge < -0.3 is 19.8 Å². The SMILES string of the molecule is C=CCN(CC1=C(C(=O)OCC)C(c2ccco2)NC(=O)N1)Cc1cccs1. The second-order valence-electron chi connectivity index (χ2n) is 6.20. The Morgan fingerprint density at radius 2 is 2.25 bits per heavy atom. The molecule has 0 radical (unpaired) electrons. The molecule has 0 spiro atoms. The van der Waals surface area contributed by atoms with Gasteiger partial charge in [-0.15, -0.1) is 17.9 Å². The third-order valence-corrected chi connectivity index (χ3v) is 5.07. The molecule has 0 saturated carbocycles.